The van der Waals surface area contributed by atoms with Gasteiger partial charge in [0.05, 0.1) is 7.57 Å². The molecule has 0 spiro atoms. The van der Waals surface area contributed by atoms with E-state index in [1.165, 1.54) is 11.3 Å². The first-order chi connectivity index (χ1) is 8.40. The van der Waals surface area contributed by atoms with Gasteiger partial charge in [-0.05, 0) is 50.8 Å². The standard InChI is InChI=1S/C10H14Br2N2O2S2/c11-9-5-8(10(12)17-9)18(15,16)14-7-4-2-1-3-6(7)13/h5-7,14H,1-4,13H2/t6-,7-/m1/s1. The van der Waals surface area contributed by atoms with Gasteiger partial charge in [0.15, 0.2) is 0 Å². The maximum atomic E-state index is 12.3. The normalized spacial score (nSPS) is 25.3. The maximum absolute atomic E-state index is 12.3. The van der Waals surface area contributed by atoms with Crippen molar-refractivity contribution < 1.29 is 8.42 Å². The van der Waals surface area contributed by atoms with E-state index in [1.54, 1.807) is 6.07 Å². The average molecular weight is 418 g/mol. The highest BCUT2D eigenvalue weighted by Gasteiger charge is 2.29. The molecule has 1 aliphatic carbocycles. The Morgan fingerprint density at radius 2 is 2.00 bits per heavy atom. The first-order valence-electron chi connectivity index (χ1n) is 5.63. The van der Waals surface area contributed by atoms with E-state index in [-0.39, 0.29) is 17.0 Å². The molecular formula is C10H14Br2N2O2S2. The molecule has 102 valence electrons. The van der Waals surface area contributed by atoms with Crippen LogP contribution in [0.3, 0.4) is 0 Å². The molecule has 4 nitrogen and oxygen atoms in total. The van der Waals surface area contributed by atoms with Crippen LogP contribution in [0.15, 0.2) is 18.5 Å². The summed E-state index contributed by atoms with van der Waals surface area (Å²) >= 11 is 7.90. The molecule has 0 aliphatic heterocycles. The van der Waals surface area contributed by atoms with Crippen LogP contribution >= 0.6 is 43.2 Å². The molecule has 3 N–H and O–H groups in total. The molecule has 0 amide bonds. The van der Waals surface area contributed by atoms with E-state index in [1.807, 2.05) is 0 Å². The minimum atomic E-state index is -3.50. The van der Waals surface area contributed by atoms with E-state index in [0.29, 0.717) is 3.79 Å². The molecular weight excluding hydrogens is 404 g/mol. The topological polar surface area (TPSA) is 72.2 Å². The van der Waals surface area contributed by atoms with E-state index in [4.69, 9.17) is 5.73 Å². The van der Waals surface area contributed by atoms with Gasteiger partial charge in [-0.3, -0.25) is 0 Å². The Bertz CT molecular complexity index is 530. The van der Waals surface area contributed by atoms with Gasteiger partial charge in [0.1, 0.15) is 4.90 Å². The summed E-state index contributed by atoms with van der Waals surface area (Å²) in [6.07, 6.45) is 3.79. The van der Waals surface area contributed by atoms with Gasteiger partial charge in [-0.25, -0.2) is 13.1 Å². The van der Waals surface area contributed by atoms with Crippen molar-refractivity contribution >= 4 is 53.2 Å². The number of nitrogens with one attached hydrogen (secondary N) is 1. The van der Waals surface area contributed by atoms with Crippen molar-refractivity contribution in [2.45, 2.75) is 42.7 Å². The Balaban J connectivity index is 2.19. The Hall–Kier alpha value is 0.530. The minimum absolute atomic E-state index is 0.0885. The zero-order valence-corrected chi connectivity index (χ0v) is 14.3. The van der Waals surface area contributed by atoms with E-state index in [0.717, 1.165) is 29.5 Å². The minimum Gasteiger partial charge on any atom is -0.326 e. The number of hydrogen-bond donors (Lipinski definition) is 2. The zero-order chi connectivity index (χ0) is 13.3. The van der Waals surface area contributed by atoms with E-state index < -0.39 is 10.0 Å². The average Bonchev–Trinajstić information content (AvgIpc) is 2.62. The fraction of sp³-hybridized carbons (Fsp3) is 0.600. The van der Waals surface area contributed by atoms with Gasteiger partial charge in [0.25, 0.3) is 0 Å². The predicted octanol–water partition coefficient (Wildman–Crippen LogP) is 2.82. The van der Waals surface area contributed by atoms with Crippen LogP contribution in [0.1, 0.15) is 25.7 Å². The molecule has 2 atom stereocenters. The summed E-state index contributed by atoms with van der Waals surface area (Å²) < 4.78 is 28.6. The first-order valence-corrected chi connectivity index (χ1v) is 9.51. The second kappa shape index (κ2) is 5.88. The van der Waals surface area contributed by atoms with Gasteiger partial charge in [-0.1, -0.05) is 12.8 Å². The van der Waals surface area contributed by atoms with E-state index in [2.05, 4.69) is 36.6 Å². The van der Waals surface area contributed by atoms with Gasteiger partial charge < -0.3 is 5.73 Å². The highest BCUT2D eigenvalue weighted by atomic mass is 79.9. The fourth-order valence-corrected chi connectivity index (χ4v) is 7.21. The molecule has 1 aliphatic rings. The third kappa shape index (κ3) is 3.34. The smallest absolute Gasteiger partial charge is 0.242 e. The quantitative estimate of drug-likeness (QED) is 0.794. The van der Waals surface area contributed by atoms with Crippen molar-refractivity contribution in [3.05, 3.63) is 13.6 Å². The molecule has 1 aromatic rings. The molecule has 0 bridgehead atoms. The van der Waals surface area contributed by atoms with Crippen LogP contribution in [0.2, 0.25) is 0 Å². The highest BCUT2D eigenvalue weighted by Crippen LogP contribution is 2.35. The first kappa shape index (κ1) is 14.9. The Labute approximate surface area is 128 Å². The summed E-state index contributed by atoms with van der Waals surface area (Å²) in [5.74, 6) is 0. The van der Waals surface area contributed by atoms with Crippen molar-refractivity contribution in [2.75, 3.05) is 0 Å². The molecule has 1 aromatic heterocycles. The molecule has 2 rings (SSSR count). The summed E-state index contributed by atoms with van der Waals surface area (Å²) in [6.45, 7) is 0. The third-order valence-electron chi connectivity index (χ3n) is 3.04. The zero-order valence-electron chi connectivity index (χ0n) is 9.53. The van der Waals surface area contributed by atoms with Gasteiger partial charge in [-0.15, -0.1) is 11.3 Å². The summed E-state index contributed by atoms with van der Waals surface area (Å²) in [5, 5.41) is 0. The van der Waals surface area contributed by atoms with E-state index in [9.17, 15) is 8.42 Å². The number of nitrogens with two attached hydrogens (primary N) is 1. The summed E-state index contributed by atoms with van der Waals surface area (Å²) in [5.41, 5.74) is 5.96. The largest absolute Gasteiger partial charge is 0.326 e. The van der Waals surface area contributed by atoms with Crippen molar-refractivity contribution in [1.82, 2.24) is 4.72 Å². The molecule has 0 saturated heterocycles. The number of halogens is 2. The van der Waals surface area contributed by atoms with Gasteiger partial charge in [0, 0.05) is 12.1 Å². The van der Waals surface area contributed by atoms with Crippen molar-refractivity contribution in [1.29, 1.82) is 0 Å². The van der Waals surface area contributed by atoms with E-state index >= 15 is 0 Å². The summed E-state index contributed by atoms with van der Waals surface area (Å²) in [6, 6.07) is 1.36. The van der Waals surface area contributed by atoms with Crippen LogP contribution in [0, 0.1) is 0 Å². The maximum Gasteiger partial charge on any atom is 0.242 e. The fourth-order valence-electron chi connectivity index (χ4n) is 2.08. The molecule has 0 radical (unpaired) electrons. The molecule has 1 fully saturated rings. The predicted molar refractivity (Wildman–Crippen MR) is 80.3 cm³/mol. The SMILES string of the molecule is N[C@@H]1CCCC[C@H]1NS(=O)(=O)c1cc(Br)sc1Br. The van der Waals surface area contributed by atoms with Crippen LogP contribution in [0.4, 0.5) is 0 Å². The molecule has 18 heavy (non-hydrogen) atoms. The lowest BCUT2D eigenvalue weighted by Gasteiger charge is -2.28. The van der Waals surface area contributed by atoms with Crippen molar-refractivity contribution in [3.63, 3.8) is 0 Å². The lowest BCUT2D eigenvalue weighted by Crippen LogP contribution is -2.49. The lowest BCUT2D eigenvalue weighted by atomic mass is 9.92. The third-order valence-corrected chi connectivity index (χ3v) is 7.29. The van der Waals surface area contributed by atoms with Gasteiger partial charge in [-0.2, -0.15) is 0 Å². The van der Waals surface area contributed by atoms with Crippen LogP contribution in [-0.4, -0.2) is 20.5 Å². The Morgan fingerprint density at radius 3 is 2.56 bits per heavy atom. The molecule has 1 heterocycles. The van der Waals surface area contributed by atoms with Crippen molar-refractivity contribution in [3.8, 4) is 0 Å². The monoisotopic (exact) mass is 416 g/mol. The lowest BCUT2D eigenvalue weighted by molar-refractivity contribution is 0.361. The molecule has 1 saturated carbocycles. The Morgan fingerprint density at radius 1 is 1.33 bits per heavy atom. The summed E-state index contributed by atoms with van der Waals surface area (Å²) in [7, 11) is -3.50. The summed E-state index contributed by atoms with van der Waals surface area (Å²) in [4.78, 5) is 0.275. The van der Waals surface area contributed by atoms with Crippen LogP contribution in [0.25, 0.3) is 0 Å². The van der Waals surface area contributed by atoms with Gasteiger partial charge in [0.2, 0.25) is 10.0 Å². The number of thiophene rings is 1. The van der Waals surface area contributed by atoms with Crippen molar-refractivity contribution in [2.24, 2.45) is 5.73 Å². The van der Waals surface area contributed by atoms with Gasteiger partial charge >= 0.3 is 0 Å². The van der Waals surface area contributed by atoms with Crippen LogP contribution in [0.5, 0.6) is 0 Å². The Kier molecular flexibility index (Phi) is 4.88. The second-order valence-corrected chi connectivity index (χ2v) is 9.80. The molecule has 0 unspecified atom stereocenters. The van der Waals surface area contributed by atoms with Crippen LogP contribution in [-0.2, 0) is 10.0 Å². The highest BCUT2D eigenvalue weighted by molar-refractivity contribution is 9.12. The van der Waals surface area contributed by atoms with Crippen LogP contribution < -0.4 is 10.5 Å². The molecule has 8 heteroatoms. The number of rotatable bonds is 3. The molecule has 0 aromatic carbocycles. The number of hydrogen-bond acceptors (Lipinski definition) is 4. The number of sulfonamides is 1. The second-order valence-electron chi connectivity index (χ2n) is 4.36.